The lowest BCUT2D eigenvalue weighted by molar-refractivity contribution is 0.768. The maximum Gasteiger partial charge on any atom is 0.0852 e. The highest BCUT2D eigenvalue weighted by Gasteiger charge is 2.29. The minimum Gasteiger partial charge on any atom is -0.379 e. The van der Waals surface area contributed by atoms with Gasteiger partial charge >= 0.3 is 0 Å². The van der Waals surface area contributed by atoms with E-state index in [1.165, 1.54) is 18.9 Å². The first-order chi connectivity index (χ1) is 4.47. The highest BCUT2D eigenvalue weighted by Crippen LogP contribution is 2.37. The van der Waals surface area contributed by atoms with Gasteiger partial charge in [-0.05, 0) is 31.0 Å². The first-order valence-electron chi connectivity index (χ1n) is 3.43. The Bertz CT molecular complexity index is 154. The third-order valence-electron chi connectivity index (χ3n) is 1.75. The normalized spacial score (nSPS) is 26.2. The summed E-state index contributed by atoms with van der Waals surface area (Å²) in [6, 6.07) is 1.40. The van der Waals surface area contributed by atoms with Crippen LogP contribution in [0.1, 0.15) is 12.8 Å². The summed E-state index contributed by atoms with van der Waals surface area (Å²) in [6.45, 7) is 0. The molecule has 0 unspecified atom stereocenters. The number of allylic oxidation sites excluding steroid dienone is 2. The Kier molecular flexibility index (Phi) is 1.08. The molecule has 0 saturated heterocycles. The van der Waals surface area contributed by atoms with Crippen LogP contribution in [-0.2, 0) is 0 Å². The van der Waals surface area contributed by atoms with Gasteiger partial charge in [0.15, 0.2) is 0 Å². The van der Waals surface area contributed by atoms with Crippen LogP contribution in [0.2, 0.25) is 0 Å². The maximum atomic E-state index is 3.23. The number of hydrogen-bond donors (Lipinski definition) is 1. The molecule has 0 bridgehead atoms. The number of dihydropyridines is 1. The monoisotopic (exact) mass is 120 g/mol. The first kappa shape index (κ1) is 5.10. The van der Waals surface area contributed by atoms with E-state index < -0.39 is 0 Å². The Morgan fingerprint density at radius 1 is 1.33 bits per heavy atom. The predicted octanol–water partition coefficient (Wildman–Crippen LogP) is 1.60. The van der Waals surface area contributed by atoms with E-state index in [0.29, 0.717) is 0 Å². The Balaban J connectivity index is 1.98. The Morgan fingerprint density at radius 2 is 2.22 bits per heavy atom. The van der Waals surface area contributed by atoms with Gasteiger partial charge in [-0.3, -0.25) is 0 Å². The molecule has 0 amide bonds. The Hall–Kier alpha value is -0.720. The van der Waals surface area contributed by atoms with Gasteiger partial charge in [0.2, 0.25) is 0 Å². The topological polar surface area (TPSA) is 12.0 Å². The molecule has 2 rings (SSSR count). The first-order valence-corrected chi connectivity index (χ1v) is 3.43. The lowest BCUT2D eigenvalue weighted by Crippen LogP contribution is -2.16. The zero-order valence-electron chi connectivity index (χ0n) is 5.30. The van der Waals surface area contributed by atoms with Crippen molar-refractivity contribution in [1.82, 2.24) is 5.32 Å². The molecule has 0 aromatic carbocycles. The second-order valence-electron chi connectivity index (χ2n) is 2.59. The van der Waals surface area contributed by atoms with Crippen molar-refractivity contribution < 1.29 is 0 Å². The summed E-state index contributed by atoms with van der Waals surface area (Å²) in [5.41, 5.74) is 0. The van der Waals surface area contributed by atoms with Crippen molar-refractivity contribution >= 4 is 0 Å². The molecule has 0 aromatic rings. The van der Waals surface area contributed by atoms with Crippen molar-refractivity contribution in [2.45, 2.75) is 12.8 Å². The summed E-state index contributed by atoms with van der Waals surface area (Å²) < 4.78 is 0. The van der Waals surface area contributed by atoms with Gasteiger partial charge in [-0.1, -0.05) is 12.2 Å². The fourth-order valence-electron chi connectivity index (χ4n) is 1.06. The van der Waals surface area contributed by atoms with Crippen LogP contribution < -0.4 is 5.32 Å². The van der Waals surface area contributed by atoms with E-state index in [9.17, 15) is 0 Å². The van der Waals surface area contributed by atoms with Gasteiger partial charge < -0.3 is 5.32 Å². The summed E-state index contributed by atoms with van der Waals surface area (Å²) in [4.78, 5) is 0. The SMILES string of the molecule is C1=CN[C](C2CC2)C=C1. The molecule has 1 aliphatic carbocycles. The highest BCUT2D eigenvalue weighted by molar-refractivity contribution is 5.25. The molecule has 1 radical (unpaired) electrons. The van der Waals surface area contributed by atoms with Gasteiger partial charge in [-0.2, -0.15) is 0 Å². The fraction of sp³-hybridized carbons (Fsp3) is 0.375. The summed E-state index contributed by atoms with van der Waals surface area (Å²) in [5, 5.41) is 3.23. The smallest absolute Gasteiger partial charge is 0.0852 e. The van der Waals surface area contributed by atoms with Gasteiger partial charge in [0.05, 0.1) is 6.04 Å². The average Bonchev–Trinajstić information content (AvgIpc) is 2.71. The van der Waals surface area contributed by atoms with E-state index in [0.717, 1.165) is 5.92 Å². The molecule has 0 atom stereocenters. The van der Waals surface area contributed by atoms with Gasteiger partial charge in [0, 0.05) is 0 Å². The molecule has 1 N–H and O–H groups in total. The molecule has 0 aromatic heterocycles. The van der Waals surface area contributed by atoms with Crippen LogP contribution in [0.5, 0.6) is 0 Å². The molecule has 1 aliphatic heterocycles. The standard InChI is InChI=1S/C8H10N/c1-2-6-9-8(3-1)7-4-5-7/h1-3,6-7,9H,4-5H2. The molecule has 1 saturated carbocycles. The van der Waals surface area contributed by atoms with E-state index in [2.05, 4.69) is 17.5 Å². The minimum absolute atomic E-state index is 0.853. The summed E-state index contributed by atoms with van der Waals surface area (Å²) in [5.74, 6) is 0.853. The second-order valence-corrected chi connectivity index (χ2v) is 2.59. The molecule has 9 heavy (non-hydrogen) atoms. The molecular weight excluding hydrogens is 110 g/mol. The van der Waals surface area contributed by atoms with Gasteiger partial charge in [-0.25, -0.2) is 0 Å². The van der Waals surface area contributed by atoms with Crippen LogP contribution in [0.15, 0.2) is 24.4 Å². The third-order valence-corrected chi connectivity index (χ3v) is 1.75. The number of rotatable bonds is 1. The van der Waals surface area contributed by atoms with Crippen molar-refractivity contribution in [1.29, 1.82) is 0 Å². The summed E-state index contributed by atoms with van der Waals surface area (Å²) in [7, 11) is 0. The van der Waals surface area contributed by atoms with Gasteiger partial charge in [0.25, 0.3) is 0 Å². The van der Waals surface area contributed by atoms with Crippen LogP contribution in [0.4, 0.5) is 0 Å². The maximum absolute atomic E-state index is 3.23. The van der Waals surface area contributed by atoms with Crippen molar-refractivity contribution in [3.63, 3.8) is 0 Å². The fourth-order valence-corrected chi connectivity index (χ4v) is 1.06. The lowest BCUT2D eigenvalue weighted by atomic mass is 10.1. The van der Waals surface area contributed by atoms with Gasteiger partial charge in [-0.15, -0.1) is 0 Å². The third kappa shape index (κ3) is 0.995. The molecule has 0 spiro atoms. The quantitative estimate of drug-likeness (QED) is 0.554. The van der Waals surface area contributed by atoms with Crippen LogP contribution >= 0.6 is 0 Å². The van der Waals surface area contributed by atoms with E-state index in [1.807, 2.05) is 12.3 Å². The largest absolute Gasteiger partial charge is 0.379 e. The molecule has 1 nitrogen and oxygen atoms in total. The second kappa shape index (κ2) is 1.90. The van der Waals surface area contributed by atoms with Crippen molar-refractivity contribution in [2.75, 3.05) is 0 Å². The summed E-state index contributed by atoms with van der Waals surface area (Å²) in [6.07, 6.45) is 11.0. The van der Waals surface area contributed by atoms with E-state index in [1.54, 1.807) is 0 Å². The zero-order chi connectivity index (χ0) is 6.10. The number of nitrogens with one attached hydrogen (secondary N) is 1. The Morgan fingerprint density at radius 3 is 2.78 bits per heavy atom. The molecule has 1 heterocycles. The average molecular weight is 120 g/mol. The van der Waals surface area contributed by atoms with Gasteiger partial charge in [0.1, 0.15) is 0 Å². The molecule has 1 heteroatoms. The van der Waals surface area contributed by atoms with Crippen LogP contribution in [0.25, 0.3) is 0 Å². The molecule has 2 aliphatic rings. The number of hydrogen-bond acceptors (Lipinski definition) is 1. The zero-order valence-corrected chi connectivity index (χ0v) is 5.30. The predicted molar refractivity (Wildman–Crippen MR) is 37.4 cm³/mol. The molecular formula is C8H10N. The van der Waals surface area contributed by atoms with Crippen LogP contribution in [0.3, 0.4) is 0 Å². The molecule has 1 fully saturated rings. The van der Waals surface area contributed by atoms with Crippen molar-refractivity contribution in [3.8, 4) is 0 Å². The lowest BCUT2D eigenvalue weighted by Gasteiger charge is -2.12. The molecule has 47 valence electrons. The van der Waals surface area contributed by atoms with Crippen molar-refractivity contribution in [2.24, 2.45) is 5.92 Å². The minimum atomic E-state index is 0.853. The summed E-state index contributed by atoms with van der Waals surface area (Å²) >= 11 is 0. The van der Waals surface area contributed by atoms with Crippen LogP contribution in [-0.4, -0.2) is 0 Å². The van der Waals surface area contributed by atoms with E-state index in [-0.39, 0.29) is 0 Å². The van der Waals surface area contributed by atoms with Crippen molar-refractivity contribution in [3.05, 3.63) is 30.5 Å². The van der Waals surface area contributed by atoms with E-state index >= 15 is 0 Å². The Labute approximate surface area is 55.5 Å². The van der Waals surface area contributed by atoms with E-state index in [4.69, 9.17) is 0 Å². The van der Waals surface area contributed by atoms with Crippen LogP contribution in [0, 0.1) is 12.0 Å². The highest BCUT2D eigenvalue weighted by atomic mass is 14.9.